The summed E-state index contributed by atoms with van der Waals surface area (Å²) in [6, 6.07) is 0. The van der Waals surface area contributed by atoms with Gasteiger partial charge in [-0.25, -0.2) is 13.2 Å². The second-order valence-electron chi connectivity index (χ2n) is 3.45. The highest BCUT2D eigenvalue weighted by atomic mass is 35.5. The molecule has 108 valence electrons. The van der Waals surface area contributed by atoms with Gasteiger partial charge in [-0.2, -0.15) is 26.3 Å². The summed E-state index contributed by atoms with van der Waals surface area (Å²) in [5.74, 6) is -19.2. The maximum Gasteiger partial charge on any atom is 0.368 e. The van der Waals surface area contributed by atoms with E-state index in [9.17, 15) is 39.5 Å². The molecule has 1 saturated carbocycles. The largest absolute Gasteiger partial charge is 0.368 e. The van der Waals surface area contributed by atoms with Crippen molar-refractivity contribution in [2.45, 2.75) is 33.2 Å². The Morgan fingerprint density at radius 1 is 0.389 bits per heavy atom. The monoisotopic (exact) mass is 348 g/mol. The summed E-state index contributed by atoms with van der Waals surface area (Å²) >= 11 is 12.1. The molecule has 12 heteroatoms. The summed E-state index contributed by atoms with van der Waals surface area (Å²) in [4.78, 5) is 0. The van der Waals surface area contributed by atoms with Crippen LogP contribution in [0.2, 0.25) is 0 Å². The maximum atomic E-state index is 13.1. The topological polar surface area (TPSA) is 0 Å². The van der Waals surface area contributed by atoms with Crippen molar-refractivity contribution in [3.8, 4) is 0 Å². The first-order chi connectivity index (χ1) is 7.50. The van der Waals surface area contributed by atoms with Gasteiger partial charge in [0.05, 0.1) is 0 Å². The van der Waals surface area contributed by atoms with Gasteiger partial charge in [0.2, 0.25) is 0 Å². The Balaban J connectivity index is 3.72. The van der Waals surface area contributed by atoms with E-state index < -0.39 is 33.2 Å². The van der Waals surface area contributed by atoms with Crippen molar-refractivity contribution in [3.63, 3.8) is 0 Å². The van der Waals surface area contributed by atoms with Crippen LogP contribution in [0.15, 0.2) is 0 Å². The highest BCUT2D eigenvalue weighted by Crippen LogP contribution is 2.71. The second-order valence-corrected chi connectivity index (χ2v) is 5.01. The molecule has 1 aliphatic carbocycles. The zero-order chi connectivity index (χ0) is 15.0. The lowest BCUT2D eigenvalue weighted by atomic mass is 9.83. The molecule has 0 amide bonds. The first kappa shape index (κ1) is 16.3. The molecule has 0 N–H and O–H groups in total. The second kappa shape index (κ2) is 3.46. The molecule has 18 heavy (non-hydrogen) atoms. The Bertz CT molecular complexity index is 257. The molecule has 0 heterocycles. The minimum absolute atomic E-state index is 3.96. The molecular formula is C6Cl3F9. The number of halogens is 12. The molecule has 1 aliphatic rings. The molecule has 1 rings (SSSR count). The van der Waals surface area contributed by atoms with Gasteiger partial charge < -0.3 is 0 Å². The molecule has 3 atom stereocenters. The Morgan fingerprint density at radius 3 is 0.944 bits per heavy atom. The summed E-state index contributed by atoms with van der Waals surface area (Å²) in [5, 5.41) is -17.5. The summed E-state index contributed by atoms with van der Waals surface area (Å²) in [6.45, 7) is 0. The van der Waals surface area contributed by atoms with Crippen molar-refractivity contribution in [1.82, 2.24) is 0 Å². The van der Waals surface area contributed by atoms with Crippen LogP contribution in [-0.4, -0.2) is 33.2 Å². The summed E-state index contributed by atoms with van der Waals surface area (Å²) in [5.41, 5.74) is 0. The molecule has 0 nitrogen and oxygen atoms in total. The van der Waals surface area contributed by atoms with Crippen LogP contribution in [0.1, 0.15) is 0 Å². The highest BCUT2D eigenvalue weighted by molar-refractivity contribution is 6.36. The van der Waals surface area contributed by atoms with Crippen molar-refractivity contribution >= 4 is 34.8 Å². The zero-order valence-electron chi connectivity index (χ0n) is 7.54. The molecule has 0 bridgehead atoms. The van der Waals surface area contributed by atoms with E-state index in [1.807, 2.05) is 0 Å². The minimum atomic E-state index is -6.52. The van der Waals surface area contributed by atoms with E-state index in [1.165, 1.54) is 0 Å². The van der Waals surface area contributed by atoms with E-state index in [4.69, 9.17) is 0 Å². The van der Waals surface area contributed by atoms with Crippen molar-refractivity contribution < 1.29 is 39.5 Å². The quantitative estimate of drug-likeness (QED) is 0.442. The van der Waals surface area contributed by atoms with Gasteiger partial charge in [-0.1, -0.05) is 34.8 Å². The molecule has 0 unspecified atom stereocenters. The van der Waals surface area contributed by atoms with Crippen LogP contribution in [0.25, 0.3) is 0 Å². The Kier molecular flexibility index (Phi) is 3.13. The van der Waals surface area contributed by atoms with Crippen LogP contribution in [0.5, 0.6) is 0 Å². The van der Waals surface area contributed by atoms with E-state index in [1.54, 1.807) is 0 Å². The molecule has 0 aromatic carbocycles. The molecule has 0 aromatic rings. The van der Waals surface area contributed by atoms with Crippen LogP contribution in [0, 0.1) is 0 Å². The molecular weight excluding hydrogens is 349 g/mol. The molecule has 0 spiro atoms. The molecule has 0 aromatic heterocycles. The van der Waals surface area contributed by atoms with Crippen molar-refractivity contribution in [2.24, 2.45) is 0 Å². The van der Waals surface area contributed by atoms with Crippen LogP contribution in [0.3, 0.4) is 0 Å². The first-order valence-corrected chi connectivity index (χ1v) is 4.90. The van der Waals surface area contributed by atoms with Gasteiger partial charge in [0.25, 0.3) is 0 Å². The van der Waals surface area contributed by atoms with Gasteiger partial charge in [-0.15, -0.1) is 0 Å². The van der Waals surface area contributed by atoms with E-state index in [0.29, 0.717) is 0 Å². The van der Waals surface area contributed by atoms with Crippen molar-refractivity contribution in [2.75, 3.05) is 0 Å². The SMILES string of the molecule is FC1(F)C(F)(F)[C@](F)(Cl)[C@](F)(Cl)C(F)(F)[C@@]1(F)Cl. The Morgan fingerprint density at radius 2 is 0.611 bits per heavy atom. The first-order valence-electron chi connectivity index (χ1n) is 3.77. The van der Waals surface area contributed by atoms with Gasteiger partial charge in [0, 0.05) is 0 Å². The van der Waals surface area contributed by atoms with E-state index in [0.717, 1.165) is 0 Å². The Labute approximate surface area is 108 Å². The lowest BCUT2D eigenvalue weighted by molar-refractivity contribution is -0.383. The van der Waals surface area contributed by atoms with E-state index in [2.05, 4.69) is 34.8 Å². The van der Waals surface area contributed by atoms with Gasteiger partial charge in [-0.3, -0.25) is 0 Å². The fraction of sp³-hybridized carbons (Fsp3) is 1.00. The fourth-order valence-corrected chi connectivity index (χ4v) is 1.97. The highest BCUT2D eigenvalue weighted by Gasteiger charge is 2.98. The molecule has 1 fully saturated rings. The minimum Gasteiger partial charge on any atom is -0.214 e. The summed E-state index contributed by atoms with van der Waals surface area (Å²) in [7, 11) is 0. The van der Waals surface area contributed by atoms with E-state index in [-0.39, 0.29) is 0 Å². The molecule has 0 radical (unpaired) electrons. The van der Waals surface area contributed by atoms with Crippen molar-refractivity contribution in [1.29, 1.82) is 0 Å². The van der Waals surface area contributed by atoms with Crippen molar-refractivity contribution in [3.05, 3.63) is 0 Å². The van der Waals surface area contributed by atoms with E-state index >= 15 is 0 Å². The van der Waals surface area contributed by atoms with Crippen LogP contribution < -0.4 is 0 Å². The zero-order valence-corrected chi connectivity index (χ0v) is 9.80. The maximum absolute atomic E-state index is 13.1. The lowest BCUT2D eigenvalue weighted by Gasteiger charge is -2.51. The van der Waals surface area contributed by atoms with Gasteiger partial charge in [0.15, 0.2) is 0 Å². The number of alkyl halides is 12. The average Bonchev–Trinajstić information content (AvgIpc) is 2.14. The van der Waals surface area contributed by atoms with Crippen LogP contribution >= 0.6 is 34.8 Å². The number of hydrogen-bond donors (Lipinski definition) is 0. The molecule has 0 aliphatic heterocycles. The number of rotatable bonds is 0. The third kappa shape index (κ3) is 1.28. The summed E-state index contributed by atoms with van der Waals surface area (Å²) in [6.07, 6.45) is 0. The predicted octanol–water partition coefficient (Wildman–Crippen LogP) is 4.62. The normalized spacial score (nSPS) is 50.0. The van der Waals surface area contributed by atoms with Crippen LogP contribution in [0.4, 0.5) is 39.5 Å². The lowest BCUT2D eigenvalue weighted by Crippen LogP contribution is -2.81. The smallest absolute Gasteiger partial charge is 0.214 e. The predicted molar refractivity (Wildman–Crippen MR) is 43.9 cm³/mol. The van der Waals surface area contributed by atoms with Gasteiger partial charge in [-0.05, 0) is 0 Å². The Hall–Kier alpha value is 0.240. The van der Waals surface area contributed by atoms with Gasteiger partial charge >= 0.3 is 33.2 Å². The third-order valence-corrected chi connectivity index (χ3v) is 3.93. The fourth-order valence-electron chi connectivity index (χ4n) is 1.18. The third-order valence-electron chi connectivity index (χ3n) is 2.37. The summed E-state index contributed by atoms with van der Waals surface area (Å²) < 4.78 is 116. The van der Waals surface area contributed by atoms with Gasteiger partial charge in [0.1, 0.15) is 0 Å². The standard InChI is InChI=1S/C6Cl3F9/c7-1(10)2(8,11)5(15,16)6(17,18)3(9,12)4(1,13)14/t1-,2+,3+/m1/s1. The van der Waals surface area contributed by atoms with Crippen LogP contribution in [-0.2, 0) is 0 Å². The number of hydrogen-bond acceptors (Lipinski definition) is 0. The average molecular weight is 349 g/mol. The molecule has 0 saturated heterocycles.